The Morgan fingerprint density at radius 1 is 1.11 bits per heavy atom. The predicted molar refractivity (Wildman–Crippen MR) is 89.1 cm³/mol. The summed E-state index contributed by atoms with van der Waals surface area (Å²) in [6, 6.07) is 0. The highest BCUT2D eigenvalue weighted by atomic mass is 32.2. The zero-order chi connectivity index (χ0) is 14.7. The average Bonchev–Trinajstić information content (AvgIpc) is 2.37. The van der Waals surface area contributed by atoms with Crippen LogP contribution in [0.15, 0.2) is 0 Å². The number of nitrogens with zero attached hydrogens (tertiary/aromatic N) is 1. The molecule has 0 amide bonds. The number of hydrogen-bond donors (Lipinski definition) is 1. The molecule has 1 aliphatic rings. The third-order valence-electron chi connectivity index (χ3n) is 3.68. The number of hydrogen-bond acceptors (Lipinski definition) is 3. The fourth-order valence-corrected chi connectivity index (χ4v) is 3.52. The van der Waals surface area contributed by atoms with Crippen LogP contribution in [0.5, 0.6) is 0 Å². The summed E-state index contributed by atoms with van der Waals surface area (Å²) in [6.07, 6.45) is 1.31. The second-order valence-corrected chi connectivity index (χ2v) is 10.2. The lowest BCUT2D eigenvalue weighted by Gasteiger charge is -2.35. The SMILES string of the molecule is CC(C)(CNC(C)(C)C)CN1CCSC(C)(C)CC1. The van der Waals surface area contributed by atoms with Gasteiger partial charge in [-0.3, -0.25) is 0 Å². The summed E-state index contributed by atoms with van der Waals surface area (Å²) in [6.45, 7) is 21.0. The van der Waals surface area contributed by atoms with Gasteiger partial charge in [0.25, 0.3) is 0 Å². The van der Waals surface area contributed by atoms with Crippen LogP contribution in [0.3, 0.4) is 0 Å². The van der Waals surface area contributed by atoms with E-state index >= 15 is 0 Å². The number of thioether (sulfide) groups is 1. The molecule has 1 saturated heterocycles. The summed E-state index contributed by atoms with van der Waals surface area (Å²) >= 11 is 2.13. The van der Waals surface area contributed by atoms with Crippen molar-refractivity contribution in [1.82, 2.24) is 10.2 Å². The van der Waals surface area contributed by atoms with Crippen LogP contribution in [0.25, 0.3) is 0 Å². The summed E-state index contributed by atoms with van der Waals surface area (Å²) in [7, 11) is 0. The highest BCUT2D eigenvalue weighted by Crippen LogP contribution is 2.31. The van der Waals surface area contributed by atoms with E-state index in [0.717, 1.165) is 6.54 Å². The van der Waals surface area contributed by atoms with Gasteiger partial charge >= 0.3 is 0 Å². The Labute approximate surface area is 125 Å². The van der Waals surface area contributed by atoms with Crippen molar-refractivity contribution in [3.8, 4) is 0 Å². The van der Waals surface area contributed by atoms with Gasteiger partial charge in [0.2, 0.25) is 0 Å². The summed E-state index contributed by atoms with van der Waals surface area (Å²) in [5, 5.41) is 3.65. The molecule has 0 saturated carbocycles. The number of rotatable bonds is 4. The van der Waals surface area contributed by atoms with Crippen LogP contribution < -0.4 is 5.32 Å². The van der Waals surface area contributed by atoms with Crippen molar-refractivity contribution in [2.24, 2.45) is 5.41 Å². The fourth-order valence-electron chi connectivity index (χ4n) is 2.39. The second-order valence-electron chi connectivity index (χ2n) is 8.40. The Bertz CT molecular complexity index is 279. The van der Waals surface area contributed by atoms with Crippen LogP contribution in [-0.4, -0.2) is 47.1 Å². The smallest absolute Gasteiger partial charge is 0.0116 e. The minimum atomic E-state index is 0.216. The molecule has 0 atom stereocenters. The topological polar surface area (TPSA) is 15.3 Å². The van der Waals surface area contributed by atoms with Gasteiger partial charge < -0.3 is 10.2 Å². The monoisotopic (exact) mass is 286 g/mol. The molecule has 1 fully saturated rings. The molecule has 0 radical (unpaired) electrons. The van der Waals surface area contributed by atoms with E-state index in [-0.39, 0.29) is 5.54 Å². The predicted octanol–water partition coefficient (Wildman–Crippen LogP) is 3.62. The van der Waals surface area contributed by atoms with E-state index < -0.39 is 0 Å². The molecule has 0 aromatic heterocycles. The maximum Gasteiger partial charge on any atom is 0.0116 e. The maximum absolute atomic E-state index is 3.65. The molecule has 19 heavy (non-hydrogen) atoms. The molecule has 0 bridgehead atoms. The van der Waals surface area contributed by atoms with Crippen LogP contribution in [0, 0.1) is 5.41 Å². The molecule has 1 N–H and O–H groups in total. The first-order valence-electron chi connectivity index (χ1n) is 7.61. The molecule has 0 aliphatic carbocycles. The molecular formula is C16H34N2S. The molecule has 1 heterocycles. The number of nitrogens with one attached hydrogen (secondary N) is 1. The van der Waals surface area contributed by atoms with Crippen molar-refractivity contribution >= 4 is 11.8 Å². The molecule has 0 unspecified atom stereocenters. The Morgan fingerprint density at radius 2 is 1.74 bits per heavy atom. The van der Waals surface area contributed by atoms with Gasteiger partial charge in [0.05, 0.1) is 0 Å². The maximum atomic E-state index is 3.65. The normalized spacial score (nSPS) is 22.3. The van der Waals surface area contributed by atoms with Crippen LogP contribution in [0.4, 0.5) is 0 Å². The molecule has 1 aliphatic heterocycles. The summed E-state index contributed by atoms with van der Waals surface area (Å²) in [5.74, 6) is 1.27. The largest absolute Gasteiger partial charge is 0.311 e. The van der Waals surface area contributed by atoms with Crippen molar-refractivity contribution in [3.63, 3.8) is 0 Å². The minimum Gasteiger partial charge on any atom is -0.311 e. The lowest BCUT2D eigenvalue weighted by Crippen LogP contribution is -2.46. The van der Waals surface area contributed by atoms with E-state index in [4.69, 9.17) is 0 Å². The van der Waals surface area contributed by atoms with Crippen LogP contribution in [-0.2, 0) is 0 Å². The minimum absolute atomic E-state index is 0.216. The molecule has 1 rings (SSSR count). The summed E-state index contributed by atoms with van der Waals surface area (Å²) in [4.78, 5) is 2.66. The van der Waals surface area contributed by atoms with Crippen LogP contribution >= 0.6 is 11.8 Å². The highest BCUT2D eigenvalue weighted by molar-refractivity contribution is 8.00. The Balaban J connectivity index is 2.44. The fraction of sp³-hybridized carbons (Fsp3) is 1.00. The van der Waals surface area contributed by atoms with Crippen molar-refractivity contribution < 1.29 is 0 Å². The molecule has 3 heteroatoms. The molecular weight excluding hydrogens is 252 g/mol. The van der Waals surface area contributed by atoms with Crippen molar-refractivity contribution in [1.29, 1.82) is 0 Å². The van der Waals surface area contributed by atoms with Gasteiger partial charge in [0.15, 0.2) is 0 Å². The van der Waals surface area contributed by atoms with E-state index in [1.165, 1.54) is 31.8 Å². The first-order chi connectivity index (χ1) is 8.49. The Morgan fingerprint density at radius 3 is 2.32 bits per heavy atom. The van der Waals surface area contributed by atoms with Crippen molar-refractivity contribution in [3.05, 3.63) is 0 Å². The first kappa shape index (κ1) is 17.3. The van der Waals surface area contributed by atoms with Gasteiger partial charge in [-0.05, 0) is 39.2 Å². The third-order valence-corrected chi connectivity index (χ3v) is 5.05. The van der Waals surface area contributed by atoms with Gasteiger partial charge in [-0.1, -0.05) is 27.7 Å². The van der Waals surface area contributed by atoms with Gasteiger partial charge in [-0.15, -0.1) is 0 Å². The summed E-state index contributed by atoms with van der Waals surface area (Å²) in [5.41, 5.74) is 0.556. The van der Waals surface area contributed by atoms with Crippen LogP contribution in [0.1, 0.15) is 54.9 Å². The molecule has 0 spiro atoms. The third kappa shape index (κ3) is 7.57. The van der Waals surface area contributed by atoms with E-state index in [1.807, 2.05) is 0 Å². The van der Waals surface area contributed by atoms with Crippen molar-refractivity contribution in [2.75, 3.05) is 31.9 Å². The van der Waals surface area contributed by atoms with Crippen molar-refractivity contribution in [2.45, 2.75) is 65.2 Å². The standard InChI is InChI=1S/C16H34N2S/c1-14(2,3)17-12-15(4,5)13-18-9-8-16(6,7)19-11-10-18/h17H,8-13H2,1-7H3. The molecule has 114 valence electrons. The lowest BCUT2D eigenvalue weighted by atomic mass is 9.91. The zero-order valence-corrected chi connectivity index (χ0v) is 14.9. The second kappa shape index (κ2) is 6.36. The van der Waals surface area contributed by atoms with E-state index in [9.17, 15) is 0 Å². The Kier molecular flexibility index (Phi) is 5.80. The van der Waals surface area contributed by atoms with E-state index in [1.54, 1.807) is 0 Å². The average molecular weight is 287 g/mol. The van der Waals surface area contributed by atoms with Gasteiger partial charge in [-0.2, -0.15) is 11.8 Å². The molecule has 2 nitrogen and oxygen atoms in total. The Hall–Kier alpha value is 0.270. The van der Waals surface area contributed by atoms with E-state index in [0.29, 0.717) is 10.2 Å². The van der Waals surface area contributed by atoms with E-state index in [2.05, 4.69) is 70.4 Å². The molecule has 0 aromatic rings. The lowest BCUT2D eigenvalue weighted by molar-refractivity contribution is 0.170. The zero-order valence-electron chi connectivity index (χ0n) is 14.1. The first-order valence-corrected chi connectivity index (χ1v) is 8.59. The van der Waals surface area contributed by atoms with Gasteiger partial charge in [0.1, 0.15) is 0 Å². The quantitative estimate of drug-likeness (QED) is 0.850. The summed E-state index contributed by atoms with van der Waals surface area (Å²) < 4.78 is 0.461. The molecule has 0 aromatic carbocycles. The van der Waals surface area contributed by atoms with Crippen LogP contribution in [0.2, 0.25) is 0 Å². The van der Waals surface area contributed by atoms with Gasteiger partial charge in [0, 0.05) is 35.7 Å². The highest BCUT2D eigenvalue weighted by Gasteiger charge is 2.28. The van der Waals surface area contributed by atoms with Gasteiger partial charge in [-0.25, -0.2) is 0 Å².